The highest BCUT2D eigenvalue weighted by molar-refractivity contribution is 5.73. The average molecular weight is 288 g/mol. The lowest BCUT2D eigenvalue weighted by atomic mass is 10.2. The number of nitrogens with one attached hydrogen (secondary N) is 2. The van der Waals surface area contributed by atoms with E-state index in [0.717, 1.165) is 12.1 Å². The van der Waals surface area contributed by atoms with Crippen molar-refractivity contribution >= 4 is 12.0 Å². The molecule has 0 spiro atoms. The van der Waals surface area contributed by atoms with Gasteiger partial charge in [-0.1, -0.05) is 6.07 Å². The number of hydrogen-bond acceptors (Lipinski definition) is 3. The molecule has 8 heteroatoms. The largest absolute Gasteiger partial charge is 0.480 e. The quantitative estimate of drug-likeness (QED) is 0.650. The molecule has 0 aromatic heterocycles. The van der Waals surface area contributed by atoms with Gasteiger partial charge < -0.3 is 20.5 Å². The van der Waals surface area contributed by atoms with Gasteiger partial charge in [-0.25, -0.2) is 18.4 Å². The zero-order valence-corrected chi connectivity index (χ0v) is 10.5. The molecular weight excluding hydrogens is 274 g/mol. The molecule has 0 unspecified atom stereocenters. The van der Waals surface area contributed by atoms with Crippen LogP contribution in [0.15, 0.2) is 18.2 Å². The molecular formula is C12H14F2N2O4. The molecule has 0 atom stereocenters. The molecule has 0 fully saturated rings. The lowest BCUT2D eigenvalue weighted by Gasteiger charge is -2.08. The normalized spacial score (nSPS) is 10.1. The van der Waals surface area contributed by atoms with E-state index < -0.39 is 30.2 Å². The molecule has 20 heavy (non-hydrogen) atoms. The van der Waals surface area contributed by atoms with Gasteiger partial charge in [0.05, 0.1) is 6.61 Å². The number of benzene rings is 1. The zero-order chi connectivity index (χ0) is 15.0. The number of halogens is 2. The molecule has 1 rings (SSSR count). The van der Waals surface area contributed by atoms with E-state index in [9.17, 15) is 18.4 Å². The Morgan fingerprint density at radius 2 is 2.00 bits per heavy atom. The number of carboxylic acids is 1. The van der Waals surface area contributed by atoms with Crippen LogP contribution in [-0.2, 0) is 16.1 Å². The fourth-order valence-corrected chi connectivity index (χ4v) is 1.30. The summed E-state index contributed by atoms with van der Waals surface area (Å²) in [7, 11) is 0. The average Bonchev–Trinajstić information content (AvgIpc) is 2.37. The van der Waals surface area contributed by atoms with Crippen molar-refractivity contribution in [3.8, 4) is 0 Å². The fourth-order valence-electron chi connectivity index (χ4n) is 1.30. The van der Waals surface area contributed by atoms with E-state index in [1.807, 2.05) is 0 Å². The molecule has 2 amide bonds. The maximum Gasteiger partial charge on any atom is 0.329 e. The number of carbonyl (C=O) groups is 2. The number of carbonyl (C=O) groups excluding carboxylic acids is 1. The van der Waals surface area contributed by atoms with Crippen LogP contribution in [0.1, 0.15) is 5.56 Å². The van der Waals surface area contributed by atoms with Gasteiger partial charge in [-0.15, -0.1) is 0 Å². The maximum atomic E-state index is 13.2. The molecule has 1 aromatic rings. The van der Waals surface area contributed by atoms with Crippen LogP contribution >= 0.6 is 0 Å². The van der Waals surface area contributed by atoms with Crippen LogP contribution in [0.4, 0.5) is 13.6 Å². The molecule has 0 saturated carbocycles. The van der Waals surface area contributed by atoms with Gasteiger partial charge in [0.15, 0.2) is 0 Å². The van der Waals surface area contributed by atoms with Gasteiger partial charge in [0, 0.05) is 24.7 Å². The van der Waals surface area contributed by atoms with Crippen molar-refractivity contribution in [3.63, 3.8) is 0 Å². The Bertz CT molecular complexity index is 483. The van der Waals surface area contributed by atoms with E-state index in [-0.39, 0.29) is 25.3 Å². The Morgan fingerprint density at radius 1 is 1.25 bits per heavy atom. The molecule has 0 heterocycles. The monoisotopic (exact) mass is 288 g/mol. The summed E-state index contributed by atoms with van der Waals surface area (Å²) in [6.07, 6.45) is 0. The van der Waals surface area contributed by atoms with Gasteiger partial charge in [-0.2, -0.15) is 0 Å². The summed E-state index contributed by atoms with van der Waals surface area (Å²) in [5.41, 5.74) is 0.156. The van der Waals surface area contributed by atoms with Crippen molar-refractivity contribution in [2.75, 3.05) is 19.8 Å². The minimum absolute atomic E-state index is 0.0463. The predicted molar refractivity (Wildman–Crippen MR) is 65.1 cm³/mol. The topological polar surface area (TPSA) is 87.7 Å². The first-order valence-electron chi connectivity index (χ1n) is 5.74. The molecule has 6 nitrogen and oxygen atoms in total. The number of urea groups is 1. The van der Waals surface area contributed by atoms with Crippen LogP contribution in [0.5, 0.6) is 0 Å². The molecule has 110 valence electrons. The van der Waals surface area contributed by atoms with Crippen LogP contribution in [0.25, 0.3) is 0 Å². The second-order valence-corrected chi connectivity index (χ2v) is 3.79. The van der Waals surface area contributed by atoms with Crippen LogP contribution in [0.3, 0.4) is 0 Å². The molecule has 0 bridgehead atoms. The van der Waals surface area contributed by atoms with Crippen LogP contribution < -0.4 is 10.6 Å². The minimum atomic E-state index is -1.10. The van der Waals surface area contributed by atoms with Crippen molar-refractivity contribution in [2.45, 2.75) is 6.54 Å². The molecule has 1 aromatic carbocycles. The van der Waals surface area contributed by atoms with Gasteiger partial charge in [0.1, 0.15) is 18.2 Å². The summed E-state index contributed by atoms with van der Waals surface area (Å²) >= 11 is 0. The van der Waals surface area contributed by atoms with Gasteiger partial charge in [0.25, 0.3) is 0 Å². The van der Waals surface area contributed by atoms with E-state index in [2.05, 4.69) is 10.6 Å². The summed E-state index contributed by atoms with van der Waals surface area (Å²) in [5.74, 6) is -2.53. The minimum Gasteiger partial charge on any atom is -0.480 e. The molecule has 0 radical (unpaired) electrons. The third-order valence-corrected chi connectivity index (χ3v) is 2.21. The Kier molecular flexibility index (Phi) is 6.38. The third kappa shape index (κ3) is 6.10. The first-order valence-corrected chi connectivity index (χ1v) is 5.74. The summed E-state index contributed by atoms with van der Waals surface area (Å²) in [4.78, 5) is 21.4. The van der Waals surface area contributed by atoms with Crippen molar-refractivity contribution in [3.05, 3.63) is 35.4 Å². The van der Waals surface area contributed by atoms with Crippen molar-refractivity contribution in [2.24, 2.45) is 0 Å². The van der Waals surface area contributed by atoms with Gasteiger partial charge in [-0.05, 0) is 6.07 Å². The predicted octanol–water partition coefficient (Wildman–Crippen LogP) is 0.865. The summed E-state index contributed by atoms with van der Waals surface area (Å²) < 4.78 is 30.6. The second kappa shape index (κ2) is 8.05. The molecule has 0 saturated heterocycles. The van der Waals surface area contributed by atoms with Crippen molar-refractivity contribution in [1.29, 1.82) is 0 Å². The molecule has 3 N–H and O–H groups in total. The smallest absolute Gasteiger partial charge is 0.329 e. The van der Waals surface area contributed by atoms with E-state index in [1.54, 1.807) is 0 Å². The summed E-state index contributed by atoms with van der Waals surface area (Å²) in [6.45, 7) is -0.367. The van der Waals surface area contributed by atoms with Gasteiger partial charge in [-0.3, -0.25) is 0 Å². The highest BCUT2D eigenvalue weighted by atomic mass is 19.1. The van der Waals surface area contributed by atoms with Crippen molar-refractivity contribution < 1.29 is 28.2 Å². The standard InChI is InChI=1S/C12H14F2N2O4/c13-9-2-1-8(10(14)5-9)6-16-12(19)15-3-4-20-7-11(17)18/h1-2,5H,3-4,6-7H2,(H,17,18)(H2,15,16,19). The molecule has 0 aliphatic carbocycles. The van der Waals surface area contributed by atoms with E-state index in [4.69, 9.17) is 9.84 Å². The second-order valence-electron chi connectivity index (χ2n) is 3.79. The van der Waals surface area contributed by atoms with Crippen LogP contribution in [0, 0.1) is 11.6 Å². The lowest BCUT2D eigenvalue weighted by molar-refractivity contribution is -0.142. The van der Waals surface area contributed by atoms with Crippen LogP contribution in [-0.4, -0.2) is 36.9 Å². The first-order chi connectivity index (χ1) is 9.49. The molecule has 0 aliphatic heterocycles. The van der Waals surface area contributed by atoms with E-state index >= 15 is 0 Å². The number of amides is 2. The van der Waals surface area contributed by atoms with E-state index in [0.29, 0.717) is 0 Å². The Morgan fingerprint density at radius 3 is 2.65 bits per heavy atom. The Labute approximate surface area is 113 Å². The zero-order valence-electron chi connectivity index (χ0n) is 10.5. The number of hydrogen-bond donors (Lipinski definition) is 3. The number of aliphatic carboxylic acids is 1. The summed E-state index contributed by atoms with van der Waals surface area (Å²) in [5, 5.41) is 13.1. The number of rotatable bonds is 7. The Balaban J connectivity index is 2.21. The SMILES string of the molecule is O=C(O)COCCNC(=O)NCc1ccc(F)cc1F. The highest BCUT2D eigenvalue weighted by Crippen LogP contribution is 2.08. The first kappa shape index (κ1) is 15.8. The van der Waals surface area contributed by atoms with E-state index in [1.165, 1.54) is 6.07 Å². The lowest BCUT2D eigenvalue weighted by Crippen LogP contribution is -2.37. The third-order valence-electron chi connectivity index (χ3n) is 2.21. The van der Waals surface area contributed by atoms with Gasteiger partial charge >= 0.3 is 12.0 Å². The fraction of sp³-hybridized carbons (Fsp3) is 0.333. The molecule has 0 aliphatic rings. The highest BCUT2D eigenvalue weighted by Gasteiger charge is 2.05. The van der Waals surface area contributed by atoms with Gasteiger partial charge in [0.2, 0.25) is 0 Å². The summed E-state index contributed by atoms with van der Waals surface area (Å²) in [6, 6.07) is 2.50. The van der Waals surface area contributed by atoms with Crippen molar-refractivity contribution in [1.82, 2.24) is 10.6 Å². The maximum absolute atomic E-state index is 13.2. The number of carboxylic acid groups (broad SMARTS) is 1. The number of ether oxygens (including phenoxy) is 1. The van der Waals surface area contributed by atoms with Crippen LogP contribution in [0.2, 0.25) is 0 Å². The Hall–Kier alpha value is -2.22.